The molecular weight excluding hydrogens is 308 g/mol. The zero-order chi connectivity index (χ0) is 17.4. The molecule has 0 fully saturated rings. The van der Waals surface area contributed by atoms with Crippen molar-refractivity contribution in [2.75, 3.05) is 12.8 Å². The Morgan fingerprint density at radius 3 is 2.83 bits per heavy atom. The van der Waals surface area contributed by atoms with Gasteiger partial charge in [-0.3, -0.25) is 9.20 Å². The molecule has 3 rings (SSSR count). The molecule has 3 heterocycles. The first-order valence-electron chi connectivity index (χ1n) is 7.71. The van der Waals surface area contributed by atoms with Gasteiger partial charge in [0.2, 0.25) is 11.5 Å². The molecule has 3 aromatic rings. The summed E-state index contributed by atoms with van der Waals surface area (Å²) < 4.78 is 7.96. The lowest BCUT2D eigenvalue weighted by molar-refractivity contribution is -0.658. The second-order valence-electron chi connectivity index (χ2n) is 5.68. The molecule has 0 amide bonds. The first-order valence-corrected chi connectivity index (χ1v) is 7.71. The van der Waals surface area contributed by atoms with Gasteiger partial charge in [0.15, 0.2) is 0 Å². The van der Waals surface area contributed by atoms with E-state index in [4.69, 9.17) is 10.5 Å². The number of carbonyl (C=O) groups is 1. The van der Waals surface area contributed by atoms with Gasteiger partial charge in [-0.2, -0.15) is 0 Å². The number of methoxy groups -OCH3 is 1. The fourth-order valence-corrected chi connectivity index (χ4v) is 2.78. The van der Waals surface area contributed by atoms with Crippen LogP contribution in [-0.4, -0.2) is 22.5 Å². The molecule has 24 heavy (non-hydrogen) atoms. The van der Waals surface area contributed by atoms with Crippen LogP contribution in [-0.2, 0) is 11.3 Å². The van der Waals surface area contributed by atoms with Gasteiger partial charge in [0, 0.05) is 6.20 Å². The number of fused-ring (bicyclic) bond motifs is 2. The maximum absolute atomic E-state index is 12.9. The van der Waals surface area contributed by atoms with Gasteiger partial charge < -0.3 is 10.5 Å². The largest absolute Gasteiger partial charge is 0.465 e. The molecule has 7 heteroatoms. The van der Waals surface area contributed by atoms with Gasteiger partial charge in [0.05, 0.1) is 13.7 Å². The number of esters is 1. The minimum atomic E-state index is -0.576. The summed E-state index contributed by atoms with van der Waals surface area (Å²) in [5, 5.41) is 0.334. The van der Waals surface area contributed by atoms with Crippen molar-refractivity contribution in [3.63, 3.8) is 0 Å². The van der Waals surface area contributed by atoms with Crippen molar-refractivity contribution in [3.8, 4) is 0 Å². The van der Waals surface area contributed by atoms with Gasteiger partial charge >= 0.3 is 5.97 Å². The summed E-state index contributed by atoms with van der Waals surface area (Å²) in [4.78, 5) is 29.5. The van der Waals surface area contributed by atoms with Crippen LogP contribution in [0.5, 0.6) is 0 Å². The van der Waals surface area contributed by atoms with E-state index in [0.717, 1.165) is 12.0 Å². The first kappa shape index (κ1) is 15.9. The molecule has 0 unspecified atom stereocenters. The number of nitrogen functional groups attached to an aromatic ring is 1. The zero-order valence-electron chi connectivity index (χ0n) is 13.9. The molecule has 124 valence electrons. The Kier molecular flexibility index (Phi) is 3.92. The third-order valence-electron chi connectivity index (χ3n) is 3.95. The summed E-state index contributed by atoms with van der Waals surface area (Å²) in [6, 6.07) is 5.15. The minimum Gasteiger partial charge on any atom is -0.465 e. The predicted molar refractivity (Wildman–Crippen MR) is 89.9 cm³/mol. The van der Waals surface area contributed by atoms with E-state index in [-0.39, 0.29) is 16.9 Å². The van der Waals surface area contributed by atoms with Crippen molar-refractivity contribution in [3.05, 3.63) is 45.9 Å². The van der Waals surface area contributed by atoms with Crippen LogP contribution in [0.2, 0.25) is 0 Å². The molecular formula is C17H19N4O3+. The number of aromatic nitrogens is 3. The Hall–Kier alpha value is -2.96. The summed E-state index contributed by atoms with van der Waals surface area (Å²) in [6.45, 7) is 4.43. The summed E-state index contributed by atoms with van der Waals surface area (Å²) in [5.74, 6) is -0.326. The van der Waals surface area contributed by atoms with E-state index in [1.54, 1.807) is 16.8 Å². The van der Waals surface area contributed by atoms with E-state index in [1.807, 2.05) is 19.9 Å². The second kappa shape index (κ2) is 5.92. The van der Waals surface area contributed by atoms with E-state index < -0.39 is 5.97 Å². The van der Waals surface area contributed by atoms with E-state index in [9.17, 15) is 9.59 Å². The molecule has 0 aliphatic heterocycles. The van der Waals surface area contributed by atoms with Crippen LogP contribution < -0.4 is 15.9 Å². The van der Waals surface area contributed by atoms with Gasteiger partial charge in [0.1, 0.15) is 10.9 Å². The molecule has 7 nitrogen and oxygen atoms in total. The Balaban J connectivity index is 2.50. The van der Waals surface area contributed by atoms with Crippen LogP contribution in [0.1, 0.15) is 29.3 Å². The van der Waals surface area contributed by atoms with Gasteiger partial charge in [-0.15, -0.1) is 0 Å². The SMILES string of the molecule is CCC[n+]1c(N)c(C(=O)OC)cc2c(=O)n3cc(C)ccc3nc21. The van der Waals surface area contributed by atoms with Crippen molar-refractivity contribution in [1.29, 1.82) is 0 Å². The number of hydrogen-bond donors (Lipinski definition) is 1. The molecule has 0 aliphatic rings. The highest BCUT2D eigenvalue weighted by Crippen LogP contribution is 2.15. The molecule has 0 aromatic carbocycles. The van der Waals surface area contributed by atoms with Gasteiger partial charge in [0.25, 0.3) is 11.2 Å². The van der Waals surface area contributed by atoms with Crippen LogP contribution in [0.15, 0.2) is 29.2 Å². The fourth-order valence-electron chi connectivity index (χ4n) is 2.78. The fraction of sp³-hybridized carbons (Fsp3) is 0.294. The monoisotopic (exact) mass is 327 g/mol. The summed E-state index contributed by atoms with van der Waals surface area (Å²) in [7, 11) is 1.28. The minimum absolute atomic E-state index is 0.171. The van der Waals surface area contributed by atoms with Crippen molar-refractivity contribution >= 4 is 28.5 Å². The third-order valence-corrected chi connectivity index (χ3v) is 3.95. The number of nitrogens with two attached hydrogens (primary N) is 1. The van der Waals surface area contributed by atoms with Crippen molar-refractivity contribution in [2.24, 2.45) is 0 Å². The molecule has 0 bridgehead atoms. The van der Waals surface area contributed by atoms with Crippen LogP contribution >= 0.6 is 0 Å². The molecule has 0 atom stereocenters. The van der Waals surface area contributed by atoms with Crippen molar-refractivity contribution < 1.29 is 14.1 Å². The lowest BCUT2D eigenvalue weighted by Gasteiger charge is -2.10. The Bertz CT molecular complexity index is 1020. The summed E-state index contributed by atoms with van der Waals surface area (Å²) >= 11 is 0. The lowest BCUT2D eigenvalue weighted by atomic mass is 10.2. The highest BCUT2D eigenvalue weighted by Gasteiger charge is 2.24. The zero-order valence-corrected chi connectivity index (χ0v) is 13.9. The van der Waals surface area contributed by atoms with E-state index >= 15 is 0 Å². The van der Waals surface area contributed by atoms with Gasteiger partial charge in [-0.1, -0.05) is 18.0 Å². The average Bonchev–Trinajstić information content (AvgIpc) is 2.57. The van der Waals surface area contributed by atoms with Crippen LogP contribution in [0.25, 0.3) is 16.7 Å². The number of ether oxygens (including phenoxy) is 1. The van der Waals surface area contributed by atoms with Crippen molar-refractivity contribution in [1.82, 2.24) is 9.38 Å². The molecule has 0 aliphatic carbocycles. The number of nitrogens with zero attached hydrogens (tertiary/aromatic N) is 3. The van der Waals surface area contributed by atoms with E-state index in [1.165, 1.54) is 17.6 Å². The standard InChI is InChI=1S/C17H18N4O3/c1-4-7-20-14(18)11(17(23)24-3)8-12-15(20)19-13-6-5-10(2)9-21(13)16(12)22/h5-6,8-9,18H,4,7H2,1-3H3/p+1. The second-order valence-corrected chi connectivity index (χ2v) is 5.68. The Morgan fingerprint density at radius 1 is 1.42 bits per heavy atom. The number of rotatable bonds is 3. The van der Waals surface area contributed by atoms with Crippen LogP contribution in [0.4, 0.5) is 5.82 Å². The normalized spacial score (nSPS) is 11.1. The summed E-state index contributed by atoms with van der Waals surface area (Å²) in [5.41, 5.74) is 8.02. The maximum atomic E-state index is 12.9. The number of carbonyl (C=O) groups excluding carboxylic acids is 1. The smallest absolute Gasteiger partial charge is 0.344 e. The van der Waals surface area contributed by atoms with E-state index in [2.05, 4.69) is 4.98 Å². The van der Waals surface area contributed by atoms with Gasteiger partial charge in [-0.25, -0.2) is 9.36 Å². The molecule has 2 N–H and O–H groups in total. The number of anilines is 1. The molecule has 0 saturated heterocycles. The number of hydrogen-bond acceptors (Lipinski definition) is 5. The van der Waals surface area contributed by atoms with Crippen molar-refractivity contribution in [2.45, 2.75) is 26.8 Å². The first-order chi connectivity index (χ1) is 11.5. The lowest BCUT2D eigenvalue weighted by Crippen LogP contribution is -2.41. The topological polar surface area (TPSA) is 90.6 Å². The number of pyridine rings is 2. The molecule has 3 aromatic heterocycles. The van der Waals surface area contributed by atoms with E-state index in [0.29, 0.717) is 23.2 Å². The Labute approximate surface area is 138 Å². The molecule has 0 radical (unpaired) electrons. The molecule has 0 saturated carbocycles. The van der Waals surface area contributed by atoms with Crippen LogP contribution in [0.3, 0.4) is 0 Å². The predicted octanol–water partition coefficient (Wildman–Crippen LogP) is 1.22. The van der Waals surface area contributed by atoms with Crippen LogP contribution in [0, 0.1) is 6.92 Å². The quantitative estimate of drug-likeness (QED) is 0.444. The maximum Gasteiger partial charge on any atom is 0.344 e. The average molecular weight is 327 g/mol. The highest BCUT2D eigenvalue weighted by molar-refractivity contribution is 5.96. The third kappa shape index (κ3) is 2.38. The van der Waals surface area contributed by atoms with Gasteiger partial charge in [-0.05, 0) is 31.0 Å². The Morgan fingerprint density at radius 2 is 2.17 bits per heavy atom. The highest BCUT2D eigenvalue weighted by atomic mass is 16.5. The number of aryl methyl sites for hydroxylation is 2. The molecule has 0 spiro atoms. The summed E-state index contributed by atoms with van der Waals surface area (Å²) in [6.07, 6.45) is 2.51.